The van der Waals surface area contributed by atoms with Crippen LogP contribution in [0.15, 0.2) is 36.5 Å². The summed E-state index contributed by atoms with van der Waals surface area (Å²) in [6, 6.07) is -0.977. The second-order valence-electron chi connectivity index (χ2n) is 20.0. The summed E-state index contributed by atoms with van der Waals surface area (Å²) in [7, 11) is 0. The molecule has 17 unspecified atom stereocenters. The van der Waals surface area contributed by atoms with Gasteiger partial charge in [0.25, 0.3) is 0 Å². The second-order valence-corrected chi connectivity index (χ2v) is 20.0. The molecule has 426 valence electrons. The van der Waals surface area contributed by atoms with Crippen molar-refractivity contribution in [3.8, 4) is 0 Å². The van der Waals surface area contributed by atoms with Gasteiger partial charge in [0.15, 0.2) is 18.9 Å². The lowest BCUT2D eigenvalue weighted by molar-refractivity contribution is -0.379. The molecule has 0 spiro atoms. The summed E-state index contributed by atoms with van der Waals surface area (Å²) >= 11 is 0. The molecule has 0 radical (unpaired) electrons. The number of ether oxygens (including phenoxy) is 6. The summed E-state index contributed by atoms with van der Waals surface area (Å²) < 4.78 is 34.1. The van der Waals surface area contributed by atoms with Crippen LogP contribution in [0.5, 0.6) is 0 Å². The molecule has 3 aliphatic rings. The molecule has 12 N–H and O–H groups in total. The van der Waals surface area contributed by atoms with Gasteiger partial charge in [0, 0.05) is 6.42 Å². The summed E-state index contributed by atoms with van der Waals surface area (Å²) in [5.74, 6) is -0.293. The van der Waals surface area contributed by atoms with Crippen LogP contribution >= 0.6 is 0 Å². The van der Waals surface area contributed by atoms with Gasteiger partial charge in [0.1, 0.15) is 73.2 Å². The number of carbonyl (C=O) groups excluding carboxylic acids is 1. The Hall–Kier alpha value is -1.99. The highest BCUT2D eigenvalue weighted by molar-refractivity contribution is 5.76. The van der Waals surface area contributed by atoms with Crippen LogP contribution < -0.4 is 5.32 Å². The Labute approximate surface area is 434 Å². The predicted octanol–water partition coefficient (Wildman–Crippen LogP) is 3.37. The minimum Gasteiger partial charge on any atom is -0.394 e. The molecule has 3 fully saturated rings. The fraction of sp³-hybridized carbons (Fsp3) is 0.870. The van der Waals surface area contributed by atoms with Crippen LogP contribution in [0.2, 0.25) is 0 Å². The molecule has 1 amide bonds. The van der Waals surface area contributed by atoms with Gasteiger partial charge in [-0.1, -0.05) is 153 Å². The summed E-state index contributed by atoms with van der Waals surface area (Å²) in [6.45, 7) is 1.64. The molecule has 3 heterocycles. The number of nitrogens with one attached hydrogen (secondary N) is 1. The second kappa shape index (κ2) is 38.5. The van der Waals surface area contributed by atoms with E-state index in [9.17, 15) is 61.0 Å². The molecule has 0 aliphatic carbocycles. The number of rotatable bonds is 39. The zero-order valence-electron chi connectivity index (χ0n) is 43.9. The monoisotopic (exact) mass is 1050 g/mol. The predicted molar refractivity (Wildman–Crippen MR) is 272 cm³/mol. The summed E-state index contributed by atoms with van der Waals surface area (Å²) in [5, 5.41) is 120. The van der Waals surface area contributed by atoms with Crippen molar-refractivity contribution in [1.29, 1.82) is 0 Å². The lowest BCUT2D eigenvalue weighted by Gasteiger charge is -2.48. The van der Waals surface area contributed by atoms with Gasteiger partial charge in [-0.2, -0.15) is 0 Å². The van der Waals surface area contributed by atoms with E-state index in [2.05, 4.69) is 43.5 Å². The van der Waals surface area contributed by atoms with Crippen LogP contribution in [-0.4, -0.2) is 193 Å². The molecule has 3 saturated heterocycles. The molecule has 19 nitrogen and oxygen atoms in total. The van der Waals surface area contributed by atoms with Crippen LogP contribution in [0.25, 0.3) is 0 Å². The average molecular weight is 1050 g/mol. The van der Waals surface area contributed by atoms with Crippen molar-refractivity contribution in [2.24, 2.45) is 0 Å². The molecule has 0 aromatic carbocycles. The van der Waals surface area contributed by atoms with Gasteiger partial charge < -0.3 is 89.9 Å². The number of amides is 1. The number of allylic oxidation sites excluding steroid dienone is 5. The molecule has 0 aromatic heterocycles. The van der Waals surface area contributed by atoms with E-state index in [4.69, 9.17) is 28.4 Å². The van der Waals surface area contributed by atoms with E-state index < -0.39 is 124 Å². The van der Waals surface area contributed by atoms with Gasteiger partial charge >= 0.3 is 0 Å². The number of carbonyl (C=O) groups is 1. The third kappa shape index (κ3) is 23.7. The van der Waals surface area contributed by atoms with Crippen LogP contribution in [0.1, 0.15) is 168 Å². The van der Waals surface area contributed by atoms with Crippen LogP contribution in [-0.2, 0) is 33.2 Å². The Bertz CT molecular complexity index is 1490. The van der Waals surface area contributed by atoms with E-state index in [1.807, 2.05) is 6.08 Å². The molecular formula is C54H97NO18. The minimum absolute atomic E-state index is 0.227. The molecule has 0 aromatic rings. The highest BCUT2D eigenvalue weighted by Gasteiger charge is 2.53. The summed E-state index contributed by atoms with van der Waals surface area (Å²) in [6.07, 6.45) is 11.3. The Balaban J connectivity index is 1.55. The Morgan fingerprint density at radius 2 is 0.918 bits per heavy atom. The quantitative estimate of drug-likeness (QED) is 0.0310. The number of hydrogen-bond acceptors (Lipinski definition) is 18. The Morgan fingerprint density at radius 1 is 0.493 bits per heavy atom. The maximum absolute atomic E-state index is 13.2. The molecule has 0 saturated carbocycles. The zero-order chi connectivity index (χ0) is 53.4. The van der Waals surface area contributed by atoms with Gasteiger partial charge in [-0.05, 0) is 44.9 Å². The lowest BCUT2D eigenvalue weighted by atomic mass is 9.96. The molecular weight excluding hydrogens is 951 g/mol. The van der Waals surface area contributed by atoms with Crippen molar-refractivity contribution in [2.75, 3.05) is 26.4 Å². The fourth-order valence-corrected chi connectivity index (χ4v) is 9.26. The smallest absolute Gasteiger partial charge is 0.220 e. The topological polar surface area (TPSA) is 307 Å². The van der Waals surface area contributed by atoms with E-state index in [1.54, 1.807) is 6.08 Å². The van der Waals surface area contributed by atoms with Gasteiger partial charge in [0.05, 0.1) is 38.6 Å². The molecule has 0 bridgehead atoms. The first-order valence-electron chi connectivity index (χ1n) is 27.7. The number of aliphatic hydroxyl groups excluding tert-OH is 11. The molecule has 3 rings (SSSR count). The number of unbranched alkanes of at least 4 members (excludes halogenated alkanes) is 19. The molecule has 19 heteroatoms. The van der Waals surface area contributed by atoms with Gasteiger partial charge in [-0.3, -0.25) is 4.79 Å². The van der Waals surface area contributed by atoms with E-state index in [0.29, 0.717) is 6.42 Å². The van der Waals surface area contributed by atoms with Gasteiger partial charge in [-0.25, -0.2) is 0 Å². The van der Waals surface area contributed by atoms with E-state index in [0.717, 1.165) is 70.6 Å². The Kier molecular flexibility index (Phi) is 34.5. The third-order valence-electron chi connectivity index (χ3n) is 13.9. The average Bonchev–Trinajstić information content (AvgIpc) is 3.39. The number of aliphatic hydroxyl groups is 11. The first-order chi connectivity index (χ1) is 35.3. The summed E-state index contributed by atoms with van der Waals surface area (Å²) in [5.41, 5.74) is 0. The van der Waals surface area contributed by atoms with Crippen molar-refractivity contribution >= 4 is 5.91 Å². The molecule has 73 heavy (non-hydrogen) atoms. The van der Waals surface area contributed by atoms with E-state index in [1.165, 1.54) is 70.6 Å². The maximum atomic E-state index is 13.2. The molecule has 17 atom stereocenters. The lowest BCUT2D eigenvalue weighted by Crippen LogP contribution is -2.66. The third-order valence-corrected chi connectivity index (χ3v) is 13.9. The number of hydrogen-bond donors (Lipinski definition) is 12. The SMILES string of the molecule is CCCC/C=C\C/C=C\CCCCCCCC(=O)NC(COC1OC(CO)C(OC2OC(CO)C(OC3OC(CO)C(O)C(O)C3O)C(O)C2O)C(O)C1O)C(O)/C=C/CCCCCCCCCCCCCC. The van der Waals surface area contributed by atoms with Crippen molar-refractivity contribution in [2.45, 2.75) is 272 Å². The van der Waals surface area contributed by atoms with Crippen LogP contribution in [0.3, 0.4) is 0 Å². The van der Waals surface area contributed by atoms with E-state index >= 15 is 0 Å². The first-order valence-corrected chi connectivity index (χ1v) is 27.7. The minimum atomic E-state index is -1.98. The van der Waals surface area contributed by atoms with Crippen molar-refractivity contribution < 1.29 is 89.4 Å². The van der Waals surface area contributed by atoms with E-state index in [-0.39, 0.29) is 18.9 Å². The normalized spacial score (nSPS) is 32.0. The maximum Gasteiger partial charge on any atom is 0.220 e. The van der Waals surface area contributed by atoms with Gasteiger partial charge in [0.2, 0.25) is 5.91 Å². The molecule has 3 aliphatic heterocycles. The highest BCUT2D eigenvalue weighted by Crippen LogP contribution is 2.33. The largest absolute Gasteiger partial charge is 0.394 e. The first kappa shape index (κ1) is 65.3. The Morgan fingerprint density at radius 3 is 1.44 bits per heavy atom. The van der Waals surface area contributed by atoms with Crippen molar-refractivity contribution in [3.63, 3.8) is 0 Å². The van der Waals surface area contributed by atoms with Gasteiger partial charge in [-0.15, -0.1) is 0 Å². The standard InChI is InChI=1S/C54H97NO18/c1-3-5-7-9-11-13-15-17-19-21-23-25-27-29-31-38(59)37(55-42(60)32-30-28-26-24-22-20-18-16-14-12-10-8-6-4-2)36-68-52-48(66)45(63)50(40(34-57)70-52)73-54-49(67)46(64)51(41(35-58)71-54)72-53-47(65)44(62)43(61)39(33-56)69-53/h10,12,16,18,29,31,37-41,43-54,56-59,61-67H,3-9,11,13-15,17,19-28,30,32-36H2,1-2H3,(H,55,60)/b12-10-,18-16-,31-29+. The van der Waals surface area contributed by atoms with Crippen molar-refractivity contribution in [1.82, 2.24) is 5.32 Å². The fourth-order valence-electron chi connectivity index (χ4n) is 9.26. The highest BCUT2D eigenvalue weighted by atomic mass is 16.8. The zero-order valence-corrected chi connectivity index (χ0v) is 43.9. The summed E-state index contributed by atoms with van der Waals surface area (Å²) in [4.78, 5) is 13.2. The van der Waals surface area contributed by atoms with Crippen LogP contribution in [0.4, 0.5) is 0 Å². The van der Waals surface area contributed by atoms with Crippen LogP contribution in [0, 0.1) is 0 Å². The van der Waals surface area contributed by atoms with Crippen molar-refractivity contribution in [3.05, 3.63) is 36.5 Å².